The Hall–Kier alpha value is -2.69. The van der Waals surface area contributed by atoms with Gasteiger partial charge in [0.25, 0.3) is 0 Å². The number of hydrogen-bond acceptors (Lipinski definition) is 3. The Balaban J connectivity index is 1.57. The number of ether oxygens (including phenoxy) is 1. The van der Waals surface area contributed by atoms with Gasteiger partial charge in [-0.05, 0) is 43.9 Å². The van der Waals surface area contributed by atoms with Crippen molar-refractivity contribution < 1.29 is 17.9 Å². The van der Waals surface area contributed by atoms with Gasteiger partial charge in [-0.3, -0.25) is 0 Å². The molecule has 0 aliphatic heterocycles. The fraction of sp³-hybridized carbons (Fsp3) is 0.348. The molecule has 2 atom stereocenters. The first-order valence-electron chi connectivity index (χ1n) is 9.65. The molecule has 2 aromatic carbocycles. The molecule has 0 radical (unpaired) electrons. The van der Waals surface area contributed by atoms with E-state index in [4.69, 9.17) is 9.15 Å². The van der Waals surface area contributed by atoms with Gasteiger partial charge in [0, 0.05) is 17.0 Å². The molecule has 3 aromatic rings. The molecule has 1 aliphatic rings. The molecule has 1 aliphatic carbocycles. The van der Waals surface area contributed by atoms with Crippen LogP contribution in [0.5, 0.6) is 5.75 Å². The highest BCUT2D eigenvalue weighted by molar-refractivity contribution is 5.71. The van der Waals surface area contributed by atoms with Crippen molar-refractivity contribution in [3.05, 3.63) is 71.4 Å². The van der Waals surface area contributed by atoms with Gasteiger partial charge in [-0.25, -0.2) is 13.8 Å². The molecule has 0 amide bonds. The van der Waals surface area contributed by atoms with Crippen molar-refractivity contribution in [3.63, 3.8) is 0 Å². The number of aromatic nitrogens is 1. The van der Waals surface area contributed by atoms with E-state index in [0.29, 0.717) is 28.7 Å². The lowest BCUT2D eigenvalue weighted by Crippen LogP contribution is -2.04. The van der Waals surface area contributed by atoms with Crippen LogP contribution in [-0.4, -0.2) is 4.98 Å². The van der Waals surface area contributed by atoms with Crippen molar-refractivity contribution >= 4 is 0 Å². The Kier molecular flexibility index (Phi) is 5.16. The quantitative estimate of drug-likeness (QED) is 0.511. The predicted molar refractivity (Wildman–Crippen MR) is 103 cm³/mol. The van der Waals surface area contributed by atoms with Gasteiger partial charge in [-0.15, -0.1) is 0 Å². The number of halogens is 2. The average Bonchev–Trinajstić information content (AvgIpc) is 3.31. The first-order valence-corrected chi connectivity index (χ1v) is 9.65. The summed E-state index contributed by atoms with van der Waals surface area (Å²) in [5.74, 6) is 0.674. The Morgan fingerprint density at radius 2 is 1.96 bits per heavy atom. The van der Waals surface area contributed by atoms with E-state index < -0.39 is 11.6 Å². The third-order valence-electron chi connectivity index (χ3n) is 5.49. The minimum atomic E-state index is -0.536. The number of benzene rings is 2. The van der Waals surface area contributed by atoms with Crippen LogP contribution < -0.4 is 4.74 Å². The maximum Gasteiger partial charge on any atom is 0.197 e. The molecule has 0 bridgehead atoms. The second-order valence-corrected chi connectivity index (χ2v) is 7.58. The summed E-state index contributed by atoms with van der Waals surface area (Å²) in [6.07, 6.45) is 5.00. The molecular formula is C23H23F2NO2. The standard InChI is InChI=1S/C23H23F2NO2/c1-14-9-10-20(24)19(11-14)18-7-4-8-21(25)22(18)27-12-16-13-28-23(26-16)17-6-3-5-15(17)2/h4,7-11,13,15,17H,3,5-6,12H2,1-2H3. The zero-order chi connectivity index (χ0) is 19.7. The van der Waals surface area contributed by atoms with Crippen molar-refractivity contribution in [1.82, 2.24) is 4.98 Å². The van der Waals surface area contributed by atoms with Crippen LogP contribution in [0.15, 0.2) is 47.1 Å². The monoisotopic (exact) mass is 383 g/mol. The molecule has 1 heterocycles. The summed E-state index contributed by atoms with van der Waals surface area (Å²) in [7, 11) is 0. The van der Waals surface area contributed by atoms with E-state index in [-0.39, 0.29) is 12.4 Å². The van der Waals surface area contributed by atoms with Gasteiger partial charge in [0.2, 0.25) is 0 Å². The van der Waals surface area contributed by atoms with Gasteiger partial charge in [0.15, 0.2) is 17.5 Å². The second kappa shape index (κ2) is 7.74. The smallest absolute Gasteiger partial charge is 0.197 e. The molecule has 1 fully saturated rings. The van der Waals surface area contributed by atoms with Crippen molar-refractivity contribution in [2.45, 2.75) is 45.6 Å². The molecule has 0 N–H and O–H groups in total. The van der Waals surface area contributed by atoms with Crippen LogP contribution in [0.25, 0.3) is 11.1 Å². The van der Waals surface area contributed by atoms with Gasteiger partial charge >= 0.3 is 0 Å². The number of para-hydroxylation sites is 1. The van der Waals surface area contributed by atoms with Crippen molar-refractivity contribution in [2.75, 3.05) is 0 Å². The highest BCUT2D eigenvalue weighted by Gasteiger charge is 2.29. The molecule has 2 unspecified atom stereocenters. The summed E-state index contributed by atoms with van der Waals surface area (Å²) in [5, 5.41) is 0. The maximum atomic E-state index is 14.5. The molecule has 5 heteroatoms. The molecule has 3 nitrogen and oxygen atoms in total. The minimum absolute atomic E-state index is 0.0192. The first kappa shape index (κ1) is 18.7. The summed E-state index contributed by atoms with van der Waals surface area (Å²) in [6.45, 7) is 4.13. The lowest BCUT2D eigenvalue weighted by molar-refractivity contribution is 0.287. The summed E-state index contributed by atoms with van der Waals surface area (Å²) in [6, 6.07) is 9.26. The molecule has 28 heavy (non-hydrogen) atoms. The fourth-order valence-corrected chi connectivity index (χ4v) is 3.93. The second-order valence-electron chi connectivity index (χ2n) is 7.58. The van der Waals surface area contributed by atoms with E-state index in [2.05, 4.69) is 11.9 Å². The number of rotatable bonds is 5. The summed E-state index contributed by atoms with van der Waals surface area (Å²) in [5.41, 5.74) is 2.19. The van der Waals surface area contributed by atoms with E-state index in [1.165, 1.54) is 25.0 Å². The Labute approximate surface area is 163 Å². The number of aryl methyl sites for hydroxylation is 1. The summed E-state index contributed by atoms with van der Waals surface area (Å²) < 4.78 is 40.2. The molecule has 0 saturated heterocycles. The Morgan fingerprint density at radius 3 is 2.75 bits per heavy atom. The number of oxazole rings is 1. The zero-order valence-corrected chi connectivity index (χ0v) is 16.0. The zero-order valence-electron chi connectivity index (χ0n) is 16.0. The largest absolute Gasteiger partial charge is 0.483 e. The van der Waals surface area contributed by atoms with E-state index in [1.807, 2.05) is 6.92 Å². The summed E-state index contributed by atoms with van der Waals surface area (Å²) in [4.78, 5) is 4.53. The van der Waals surface area contributed by atoms with Crippen LogP contribution in [-0.2, 0) is 6.61 Å². The van der Waals surface area contributed by atoms with Crippen LogP contribution in [0.2, 0.25) is 0 Å². The number of nitrogens with zero attached hydrogens (tertiary/aromatic N) is 1. The van der Waals surface area contributed by atoms with Gasteiger partial charge < -0.3 is 9.15 Å². The van der Waals surface area contributed by atoms with E-state index >= 15 is 0 Å². The van der Waals surface area contributed by atoms with Crippen LogP contribution in [0, 0.1) is 24.5 Å². The SMILES string of the molecule is Cc1ccc(F)c(-c2cccc(F)c2OCc2coc(C3CCCC3C)n2)c1. The Bertz CT molecular complexity index is 982. The van der Waals surface area contributed by atoms with E-state index in [9.17, 15) is 8.78 Å². The lowest BCUT2D eigenvalue weighted by Gasteiger charge is -2.13. The maximum absolute atomic E-state index is 14.5. The van der Waals surface area contributed by atoms with Gasteiger partial charge in [0.1, 0.15) is 24.4 Å². The normalized spacial score (nSPS) is 19.1. The molecule has 0 spiro atoms. The van der Waals surface area contributed by atoms with Gasteiger partial charge in [-0.1, -0.05) is 37.1 Å². The van der Waals surface area contributed by atoms with E-state index in [0.717, 1.165) is 17.9 Å². The first-order chi connectivity index (χ1) is 13.5. The van der Waals surface area contributed by atoms with Crippen LogP contribution in [0.1, 0.15) is 49.3 Å². The molecular weight excluding hydrogens is 360 g/mol. The highest BCUT2D eigenvalue weighted by atomic mass is 19.1. The fourth-order valence-electron chi connectivity index (χ4n) is 3.93. The minimum Gasteiger partial charge on any atom is -0.483 e. The van der Waals surface area contributed by atoms with E-state index in [1.54, 1.807) is 30.5 Å². The lowest BCUT2D eigenvalue weighted by atomic mass is 9.98. The molecule has 1 aromatic heterocycles. The van der Waals surface area contributed by atoms with Crippen molar-refractivity contribution in [2.24, 2.45) is 5.92 Å². The molecule has 146 valence electrons. The molecule has 1 saturated carbocycles. The summed E-state index contributed by atoms with van der Waals surface area (Å²) >= 11 is 0. The number of hydrogen-bond donors (Lipinski definition) is 0. The highest BCUT2D eigenvalue weighted by Crippen LogP contribution is 2.39. The van der Waals surface area contributed by atoms with Gasteiger partial charge in [-0.2, -0.15) is 0 Å². The van der Waals surface area contributed by atoms with Crippen molar-refractivity contribution in [1.29, 1.82) is 0 Å². The van der Waals surface area contributed by atoms with Crippen LogP contribution >= 0.6 is 0 Å². The van der Waals surface area contributed by atoms with Gasteiger partial charge in [0.05, 0.1) is 0 Å². The van der Waals surface area contributed by atoms with Crippen LogP contribution in [0.3, 0.4) is 0 Å². The topological polar surface area (TPSA) is 35.3 Å². The Morgan fingerprint density at radius 1 is 1.11 bits per heavy atom. The third kappa shape index (κ3) is 3.66. The van der Waals surface area contributed by atoms with Crippen LogP contribution in [0.4, 0.5) is 8.78 Å². The van der Waals surface area contributed by atoms with Crippen molar-refractivity contribution in [3.8, 4) is 16.9 Å². The average molecular weight is 383 g/mol. The molecule has 4 rings (SSSR count). The predicted octanol–water partition coefficient (Wildman–Crippen LogP) is 6.41. The third-order valence-corrected chi connectivity index (χ3v) is 5.49.